The number of amides is 2. The van der Waals surface area contributed by atoms with E-state index in [0.29, 0.717) is 5.13 Å². The minimum Gasteiger partial charge on any atom is -0.443 e. The number of halogens is 1. The Morgan fingerprint density at radius 2 is 1.36 bits per heavy atom. The fourth-order valence-electron chi connectivity index (χ4n) is 6.75. The standard InChI is InChI=1S/C43H36ClN5O6S4/c1-53-48-35(34-27-56-38(45-34)47-43(31-21-11-4-12-22-31,32-23-13-5-14-24-32)33-25-15-6-16-26-33)37(50)46-39-57-41-49(40(51)55-41)59(58(39)28-44)42(52)54-36(29-17-7-2-8-18-29)30-19-9-3-10-20-30/h2-27,36,39,41H,28H2,1H3,(H,45,47)(H,46,50)/b48-35-/t39?,41-,58?,59?/m1/s1. The van der Waals surface area contributed by atoms with E-state index in [0.717, 1.165) is 27.8 Å². The van der Waals surface area contributed by atoms with Gasteiger partial charge in [0.1, 0.15) is 23.0 Å². The Labute approximate surface area is 358 Å². The van der Waals surface area contributed by atoms with E-state index in [9.17, 15) is 14.4 Å². The number of oxime groups is 1. The number of fused-ring (bicyclic) bond motifs is 1. The summed E-state index contributed by atoms with van der Waals surface area (Å²) in [7, 11) is -1.30. The van der Waals surface area contributed by atoms with Gasteiger partial charge in [0.05, 0.1) is 14.9 Å². The Hall–Kier alpha value is -5.45. The molecule has 1 aromatic heterocycles. The van der Waals surface area contributed by atoms with Crippen molar-refractivity contribution in [2.75, 3.05) is 17.6 Å². The van der Waals surface area contributed by atoms with Gasteiger partial charge in [-0.05, 0) is 27.8 Å². The molecule has 11 nitrogen and oxygen atoms in total. The van der Waals surface area contributed by atoms with Crippen molar-refractivity contribution in [1.82, 2.24) is 14.6 Å². The molecule has 6 aromatic rings. The van der Waals surface area contributed by atoms with Crippen molar-refractivity contribution in [2.24, 2.45) is 5.16 Å². The van der Waals surface area contributed by atoms with E-state index in [4.69, 9.17) is 30.9 Å². The number of rotatable bonds is 13. The number of hydrogen-bond acceptors (Lipinski definition) is 11. The molecular weight excluding hydrogens is 846 g/mol. The van der Waals surface area contributed by atoms with Crippen LogP contribution >= 0.6 is 34.7 Å². The van der Waals surface area contributed by atoms with E-state index in [2.05, 4.69) is 52.2 Å². The van der Waals surface area contributed by atoms with Gasteiger partial charge in [-0.15, -0.1) is 22.9 Å². The average molecular weight is 883 g/mol. The molecule has 4 atom stereocenters. The summed E-state index contributed by atoms with van der Waals surface area (Å²) in [6.07, 6.45) is -1.42. The summed E-state index contributed by atoms with van der Waals surface area (Å²) in [5, 5.41) is 12.4. The summed E-state index contributed by atoms with van der Waals surface area (Å²) in [6.45, 7) is 0. The van der Waals surface area contributed by atoms with Crippen LogP contribution < -0.4 is 10.6 Å². The van der Waals surface area contributed by atoms with Gasteiger partial charge in [0.2, 0.25) is 5.56 Å². The van der Waals surface area contributed by atoms with E-state index in [1.807, 2.05) is 115 Å². The topological polar surface area (TPSA) is 131 Å². The van der Waals surface area contributed by atoms with E-state index >= 15 is 0 Å². The monoisotopic (exact) mass is 881 g/mol. The quantitative estimate of drug-likeness (QED) is 0.0384. The van der Waals surface area contributed by atoms with Gasteiger partial charge < -0.3 is 24.9 Å². The number of anilines is 1. The fraction of sp³-hybridized carbons (Fsp3) is 0.140. The number of nitrogens with zero attached hydrogens (tertiary/aromatic N) is 3. The average Bonchev–Trinajstić information content (AvgIpc) is 3.75. The highest BCUT2D eigenvalue weighted by molar-refractivity contribution is 8.53. The van der Waals surface area contributed by atoms with Gasteiger partial charge in [0.25, 0.3) is 5.91 Å². The molecule has 5 aromatic carbocycles. The second kappa shape index (κ2) is 18.2. The van der Waals surface area contributed by atoms with Crippen molar-refractivity contribution in [1.29, 1.82) is 0 Å². The first-order valence-corrected chi connectivity index (χ1v) is 23.7. The predicted molar refractivity (Wildman–Crippen MR) is 237 cm³/mol. The highest BCUT2D eigenvalue weighted by Gasteiger charge is 2.51. The van der Waals surface area contributed by atoms with Gasteiger partial charge in [0.15, 0.2) is 16.9 Å². The van der Waals surface area contributed by atoms with Crippen LogP contribution in [0.15, 0.2) is 162 Å². The molecule has 16 heteroatoms. The lowest BCUT2D eigenvalue weighted by Crippen LogP contribution is -2.61. The molecule has 0 bridgehead atoms. The molecule has 8 rings (SSSR count). The number of hydrogen-bond donors (Lipinski definition) is 2. The molecule has 2 amide bonds. The van der Waals surface area contributed by atoms with Gasteiger partial charge in [-0.1, -0.05) is 178 Å². The number of benzene rings is 5. The fourth-order valence-corrected chi connectivity index (χ4v) is 16.5. The smallest absolute Gasteiger partial charge is 0.426 e. The summed E-state index contributed by atoms with van der Waals surface area (Å²) < 4.78 is 12.3. The molecule has 3 heterocycles. The van der Waals surface area contributed by atoms with Gasteiger partial charge in [0, 0.05) is 5.38 Å². The van der Waals surface area contributed by atoms with Crippen molar-refractivity contribution in [2.45, 2.75) is 21.9 Å². The normalized spacial score (nSPS) is 18.9. The number of nitrogens with one attached hydrogen (secondary N) is 2. The zero-order valence-corrected chi connectivity index (χ0v) is 35.3. The lowest BCUT2D eigenvalue weighted by molar-refractivity contribution is -0.114. The lowest BCUT2D eigenvalue weighted by atomic mass is 9.77. The zero-order chi connectivity index (χ0) is 40.8. The van der Waals surface area contributed by atoms with E-state index < -0.39 is 58.3 Å². The van der Waals surface area contributed by atoms with Crippen LogP contribution in [0.1, 0.15) is 39.6 Å². The maximum absolute atomic E-state index is 14.3. The van der Waals surface area contributed by atoms with Crippen molar-refractivity contribution in [3.63, 3.8) is 0 Å². The zero-order valence-electron chi connectivity index (χ0n) is 31.3. The van der Waals surface area contributed by atoms with Crippen molar-refractivity contribution in [3.8, 4) is 0 Å². The van der Waals surface area contributed by atoms with Crippen LogP contribution in [0.4, 0.5) is 14.7 Å². The highest BCUT2D eigenvalue weighted by Crippen LogP contribution is 2.42. The summed E-state index contributed by atoms with van der Waals surface area (Å²) in [5.41, 5.74) is 2.93. The molecule has 1 saturated heterocycles. The van der Waals surface area contributed by atoms with Crippen LogP contribution in [-0.2, 0) is 43.7 Å². The van der Waals surface area contributed by atoms with Crippen molar-refractivity contribution < 1.29 is 28.7 Å². The Bertz CT molecular complexity index is 2360. The summed E-state index contributed by atoms with van der Waals surface area (Å²) in [5.74, 6) is -0.619. The molecule has 3 unspecified atom stereocenters. The Kier molecular flexibility index (Phi) is 12.5. The molecule has 2 aliphatic heterocycles. The summed E-state index contributed by atoms with van der Waals surface area (Å²) in [4.78, 5) is 51.5. The van der Waals surface area contributed by atoms with E-state index in [1.54, 1.807) is 5.38 Å². The van der Waals surface area contributed by atoms with Crippen LogP contribution in [0.2, 0.25) is 0 Å². The Morgan fingerprint density at radius 3 is 1.83 bits per heavy atom. The number of ether oxygens (including phenoxy) is 2. The summed E-state index contributed by atoms with van der Waals surface area (Å²) >= 11 is 9.10. The maximum atomic E-state index is 14.3. The second-order valence-electron chi connectivity index (χ2n) is 12.9. The minimum absolute atomic E-state index is 0.0595. The van der Waals surface area contributed by atoms with Crippen LogP contribution in [-0.4, -0.2) is 54.9 Å². The Morgan fingerprint density at radius 1 is 0.847 bits per heavy atom. The number of thioether (sulfide) groups is 1. The number of carbonyl (C=O) groups excluding carboxylic acids is 3. The van der Waals surface area contributed by atoms with Gasteiger partial charge >= 0.3 is 11.4 Å². The maximum Gasteiger partial charge on any atom is 0.426 e. The molecule has 0 saturated carbocycles. The first kappa shape index (κ1) is 40.3. The highest BCUT2D eigenvalue weighted by atomic mass is 35.5. The number of aromatic nitrogens is 1. The number of alkyl halides is 1. The van der Waals surface area contributed by atoms with Gasteiger partial charge in [-0.3, -0.25) is 4.79 Å². The van der Waals surface area contributed by atoms with Crippen LogP contribution in [0, 0.1) is 0 Å². The molecular formula is C43H36ClN5O6S4. The van der Waals surface area contributed by atoms with Crippen molar-refractivity contribution in [3.05, 3.63) is 191 Å². The molecule has 2 aliphatic rings. The van der Waals surface area contributed by atoms with E-state index in [-0.39, 0.29) is 16.6 Å². The molecule has 0 aliphatic carbocycles. The van der Waals surface area contributed by atoms with Crippen LogP contribution in [0.3, 0.4) is 0 Å². The molecule has 2 N–H and O–H groups in total. The number of thiazole rings is 1. The van der Waals surface area contributed by atoms with Crippen molar-refractivity contribution >= 4 is 81.9 Å². The van der Waals surface area contributed by atoms with Gasteiger partial charge in [-0.25, -0.2) is 14.6 Å². The minimum atomic E-state index is -1.52. The second-order valence-corrected chi connectivity index (χ2v) is 20.8. The summed E-state index contributed by atoms with van der Waals surface area (Å²) in [6, 6.07) is 49.0. The third-order valence-electron chi connectivity index (χ3n) is 9.41. The van der Waals surface area contributed by atoms with E-state index in [1.165, 1.54) is 34.5 Å². The molecule has 0 radical (unpaired) electrons. The SMILES string of the molecule is CO/N=C(\C(=O)NC1S[C@H]2OC(=O)N2S(C(=O)OC(c2ccccc2)c2ccccc2)=S1CCl)c1csc(NC(c2ccccc2)(c2ccccc2)c2ccccc2)n1. The Balaban J connectivity index is 1.10. The van der Waals surface area contributed by atoms with Gasteiger partial charge in [-0.2, -0.15) is 4.31 Å². The molecule has 1 fully saturated rings. The largest absolute Gasteiger partial charge is 0.443 e. The van der Waals surface area contributed by atoms with Crippen LogP contribution in [0.25, 0.3) is 0 Å². The molecule has 59 heavy (non-hydrogen) atoms. The third-order valence-corrected chi connectivity index (χ3v) is 19.0. The molecule has 0 spiro atoms. The first-order valence-electron chi connectivity index (χ1n) is 18.2. The van der Waals surface area contributed by atoms with Crippen LogP contribution in [0.5, 0.6) is 0 Å². The third kappa shape index (κ3) is 8.25. The molecule has 300 valence electrons. The lowest BCUT2D eigenvalue weighted by Gasteiger charge is -2.45. The predicted octanol–water partition coefficient (Wildman–Crippen LogP) is 8.97. The number of carbonyl (C=O) groups is 3. The first-order chi connectivity index (χ1) is 28.9.